The molecule has 1 rings (SSSR count). The second kappa shape index (κ2) is 12.2. The van der Waals surface area contributed by atoms with Gasteiger partial charge in [-0.05, 0) is 39.8 Å². The molecule has 0 saturated carbocycles. The average molecular weight is 265 g/mol. The Morgan fingerprint density at radius 2 is 1.79 bits per heavy atom. The molecule has 19 heavy (non-hydrogen) atoms. The zero-order valence-corrected chi connectivity index (χ0v) is 13.2. The molecule has 0 aromatic heterocycles. The molecule has 0 spiro atoms. The first-order valence-electron chi connectivity index (χ1n) is 7.42. The summed E-state index contributed by atoms with van der Waals surface area (Å²) in [5.74, 6) is 0. The Kier molecular flexibility index (Phi) is 11.6. The van der Waals surface area contributed by atoms with Gasteiger partial charge in [-0.2, -0.15) is 0 Å². The summed E-state index contributed by atoms with van der Waals surface area (Å²) < 4.78 is 5.17. The summed E-state index contributed by atoms with van der Waals surface area (Å²) in [4.78, 5) is 2.55. The van der Waals surface area contributed by atoms with E-state index in [4.69, 9.17) is 4.74 Å². The highest BCUT2D eigenvalue weighted by Crippen LogP contribution is 2.10. The van der Waals surface area contributed by atoms with Crippen molar-refractivity contribution < 1.29 is 4.74 Å². The maximum atomic E-state index is 5.17. The maximum absolute atomic E-state index is 5.17. The Morgan fingerprint density at radius 3 is 2.11 bits per heavy atom. The standard InChI is InChI=1S/C9H19NO.C8H12/c1-3-5-10(6-4-2)9-7-11-8-9;1-4-5-6-7-8(2)3/h9H,3-8H2,1-2H3;4-7H,2H2,1,3H3/b;5-4-,7-6-. The van der Waals surface area contributed by atoms with Crippen LogP contribution in [0.15, 0.2) is 36.5 Å². The van der Waals surface area contributed by atoms with Crippen molar-refractivity contribution in [1.82, 2.24) is 4.90 Å². The first-order valence-corrected chi connectivity index (χ1v) is 7.42. The van der Waals surface area contributed by atoms with Crippen molar-refractivity contribution in [3.63, 3.8) is 0 Å². The summed E-state index contributed by atoms with van der Waals surface area (Å²) in [6, 6.07) is 0.731. The molecule has 0 aliphatic carbocycles. The van der Waals surface area contributed by atoms with Gasteiger partial charge in [0.05, 0.1) is 19.3 Å². The summed E-state index contributed by atoms with van der Waals surface area (Å²) in [6.07, 6.45) is 10.4. The molecule has 2 heteroatoms. The summed E-state index contributed by atoms with van der Waals surface area (Å²) >= 11 is 0. The van der Waals surface area contributed by atoms with Gasteiger partial charge in [0.25, 0.3) is 0 Å². The van der Waals surface area contributed by atoms with Crippen LogP contribution in [0.2, 0.25) is 0 Å². The lowest BCUT2D eigenvalue weighted by Gasteiger charge is -2.37. The predicted octanol–water partition coefficient (Wildman–Crippen LogP) is 4.20. The monoisotopic (exact) mass is 265 g/mol. The molecule has 0 bridgehead atoms. The van der Waals surface area contributed by atoms with E-state index >= 15 is 0 Å². The van der Waals surface area contributed by atoms with Crippen LogP contribution in [0.5, 0.6) is 0 Å². The van der Waals surface area contributed by atoms with Crippen molar-refractivity contribution in [2.75, 3.05) is 26.3 Å². The van der Waals surface area contributed by atoms with Crippen LogP contribution in [0, 0.1) is 0 Å². The Balaban J connectivity index is 0.000000362. The second-order valence-electron chi connectivity index (χ2n) is 4.96. The summed E-state index contributed by atoms with van der Waals surface area (Å²) in [7, 11) is 0. The van der Waals surface area contributed by atoms with Gasteiger partial charge in [0.2, 0.25) is 0 Å². The molecular formula is C17H31NO. The lowest BCUT2D eigenvalue weighted by molar-refractivity contribution is -0.0646. The lowest BCUT2D eigenvalue weighted by Crippen LogP contribution is -2.49. The third-order valence-corrected chi connectivity index (χ3v) is 2.84. The molecule has 1 heterocycles. The molecule has 1 aliphatic heterocycles. The van der Waals surface area contributed by atoms with Gasteiger partial charge in [0.15, 0.2) is 0 Å². The maximum Gasteiger partial charge on any atom is 0.0645 e. The minimum Gasteiger partial charge on any atom is -0.378 e. The third kappa shape index (κ3) is 9.69. The van der Waals surface area contributed by atoms with Crippen LogP contribution in [-0.4, -0.2) is 37.2 Å². The molecule has 0 atom stereocenters. The quantitative estimate of drug-likeness (QED) is 0.640. The zero-order valence-electron chi connectivity index (χ0n) is 13.2. The Morgan fingerprint density at radius 1 is 1.21 bits per heavy atom. The van der Waals surface area contributed by atoms with Crippen molar-refractivity contribution in [1.29, 1.82) is 0 Å². The number of rotatable bonds is 7. The van der Waals surface area contributed by atoms with Gasteiger partial charge in [-0.1, -0.05) is 50.3 Å². The fraction of sp³-hybridized carbons (Fsp3) is 0.647. The molecule has 2 nitrogen and oxygen atoms in total. The Hall–Kier alpha value is -0.860. The minimum atomic E-state index is 0.731. The topological polar surface area (TPSA) is 12.5 Å². The highest BCUT2D eigenvalue weighted by Gasteiger charge is 2.24. The highest BCUT2D eigenvalue weighted by atomic mass is 16.5. The molecule has 0 aromatic carbocycles. The molecule has 0 N–H and O–H groups in total. The second-order valence-corrected chi connectivity index (χ2v) is 4.96. The molecule has 1 aliphatic rings. The van der Waals surface area contributed by atoms with E-state index < -0.39 is 0 Å². The van der Waals surface area contributed by atoms with E-state index in [1.807, 2.05) is 38.2 Å². The molecule has 0 radical (unpaired) electrons. The van der Waals surface area contributed by atoms with E-state index in [0.29, 0.717) is 0 Å². The zero-order chi connectivity index (χ0) is 14.5. The van der Waals surface area contributed by atoms with E-state index in [2.05, 4.69) is 25.3 Å². The molecule has 0 aromatic rings. The van der Waals surface area contributed by atoms with Gasteiger partial charge in [-0.15, -0.1) is 0 Å². The summed E-state index contributed by atoms with van der Waals surface area (Å²) in [6.45, 7) is 16.5. The van der Waals surface area contributed by atoms with Crippen molar-refractivity contribution in [2.45, 2.75) is 46.6 Å². The van der Waals surface area contributed by atoms with Crippen LogP contribution in [0.25, 0.3) is 0 Å². The van der Waals surface area contributed by atoms with Crippen LogP contribution in [0.4, 0.5) is 0 Å². The lowest BCUT2D eigenvalue weighted by atomic mass is 10.2. The molecule has 0 amide bonds. The van der Waals surface area contributed by atoms with Gasteiger partial charge in [0, 0.05) is 0 Å². The van der Waals surface area contributed by atoms with Gasteiger partial charge in [0.1, 0.15) is 0 Å². The van der Waals surface area contributed by atoms with E-state index in [1.54, 1.807) is 0 Å². The first kappa shape index (κ1) is 18.1. The summed E-state index contributed by atoms with van der Waals surface area (Å²) in [5.41, 5.74) is 1.09. The Labute approximate surface area is 119 Å². The predicted molar refractivity (Wildman–Crippen MR) is 85.5 cm³/mol. The normalized spacial score (nSPS) is 15.6. The molecule has 110 valence electrons. The van der Waals surface area contributed by atoms with Gasteiger partial charge < -0.3 is 4.74 Å². The van der Waals surface area contributed by atoms with Gasteiger partial charge in [-0.25, -0.2) is 0 Å². The number of nitrogens with zero attached hydrogens (tertiary/aromatic N) is 1. The Bertz CT molecular complexity index is 271. The number of hydrogen-bond donors (Lipinski definition) is 0. The van der Waals surface area contributed by atoms with Crippen molar-refractivity contribution >= 4 is 0 Å². The van der Waals surface area contributed by atoms with Crippen molar-refractivity contribution in [3.05, 3.63) is 36.5 Å². The van der Waals surface area contributed by atoms with E-state index in [9.17, 15) is 0 Å². The van der Waals surface area contributed by atoms with Crippen LogP contribution in [0.3, 0.4) is 0 Å². The van der Waals surface area contributed by atoms with E-state index in [1.165, 1.54) is 25.9 Å². The van der Waals surface area contributed by atoms with Gasteiger partial charge >= 0.3 is 0 Å². The fourth-order valence-corrected chi connectivity index (χ4v) is 1.82. The molecular weight excluding hydrogens is 234 g/mol. The molecule has 1 fully saturated rings. The average Bonchev–Trinajstić information content (AvgIpc) is 2.28. The van der Waals surface area contributed by atoms with Crippen LogP contribution in [0.1, 0.15) is 40.5 Å². The third-order valence-electron chi connectivity index (χ3n) is 2.84. The highest BCUT2D eigenvalue weighted by molar-refractivity contribution is 5.16. The van der Waals surface area contributed by atoms with E-state index in [0.717, 1.165) is 24.8 Å². The minimum absolute atomic E-state index is 0.731. The van der Waals surface area contributed by atoms with Crippen LogP contribution < -0.4 is 0 Å². The van der Waals surface area contributed by atoms with Crippen molar-refractivity contribution in [3.8, 4) is 0 Å². The van der Waals surface area contributed by atoms with E-state index in [-0.39, 0.29) is 0 Å². The fourth-order valence-electron chi connectivity index (χ4n) is 1.82. The smallest absolute Gasteiger partial charge is 0.0645 e. The SMILES string of the molecule is C=C(C)/C=C\C=C/C.CCCN(CCC)C1COC1. The number of ether oxygens (including phenoxy) is 1. The van der Waals surface area contributed by atoms with Crippen LogP contribution in [-0.2, 0) is 4.74 Å². The van der Waals surface area contributed by atoms with Crippen LogP contribution >= 0.6 is 0 Å². The van der Waals surface area contributed by atoms with Gasteiger partial charge in [-0.3, -0.25) is 4.90 Å². The largest absolute Gasteiger partial charge is 0.378 e. The molecule has 0 unspecified atom stereocenters. The van der Waals surface area contributed by atoms with Crippen molar-refractivity contribution in [2.24, 2.45) is 0 Å². The molecule has 1 saturated heterocycles. The number of allylic oxidation sites excluding steroid dienone is 5. The summed E-state index contributed by atoms with van der Waals surface area (Å²) in [5, 5.41) is 0. The first-order chi connectivity index (χ1) is 9.15. The number of hydrogen-bond acceptors (Lipinski definition) is 2.